The Morgan fingerprint density at radius 3 is 1.12 bits per heavy atom. The predicted octanol–water partition coefficient (Wildman–Crippen LogP) is 1.79. The van der Waals surface area contributed by atoms with Gasteiger partial charge in [0.2, 0.25) is 0 Å². The zero-order valence-electron chi connectivity index (χ0n) is 16.3. The number of unbranched alkanes of at least 4 members (excludes halogenated alkanes) is 14. The fourth-order valence-corrected chi connectivity index (χ4v) is 2.64. The van der Waals surface area contributed by atoms with Gasteiger partial charge in [-0.05, 0) is 12.8 Å². The number of phosphoric acid groups is 1. The minimum Gasteiger partial charge on any atom is -0.822 e. The van der Waals surface area contributed by atoms with Gasteiger partial charge in [0.25, 0.3) is 0 Å². The average molecular weight is 405 g/mol. The third-order valence-corrected chi connectivity index (χ3v) is 3.98. The molecular formula is C18H35AlO6P-. The monoisotopic (exact) mass is 405 g/mol. The largest absolute Gasteiger partial charge is 3.00 e. The van der Waals surface area contributed by atoms with Crippen LogP contribution in [0.5, 0.6) is 0 Å². The number of carbonyl (C=O) groups is 1. The van der Waals surface area contributed by atoms with E-state index in [0.29, 0.717) is 0 Å². The van der Waals surface area contributed by atoms with Crippen molar-refractivity contribution >= 4 is 31.2 Å². The van der Waals surface area contributed by atoms with E-state index in [9.17, 15) is 9.90 Å². The van der Waals surface area contributed by atoms with Gasteiger partial charge in [-0.25, -0.2) is 0 Å². The molecule has 0 aliphatic rings. The summed E-state index contributed by atoms with van der Waals surface area (Å²) < 4.78 is 8.55. The van der Waals surface area contributed by atoms with Gasteiger partial charge in [-0.2, -0.15) is 7.82 Å². The summed E-state index contributed by atoms with van der Waals surface area (Å²) in [4.78, 5) is 35.9. The molecule has 0 atom stereocenters. The molecule has 0 saturated carbocycles. The van der Waals surface area contributed by atoms with Crippen LogP contribution in [0.1, 0.15) is 110 Å². The summed E-state index contributed by atoms with van der Waals surface area (Å²) in [5.74, 6) is -0.903. The maximum Gasteiger partial charge on any atom is 3.00 e. The molecule has 0 bridgehead atoms. The minimum atomic E-state index is -5.39. The Hall–Kier alpha value is 0.112. The van der Waals surface area contributed by atoms with Crippen LogP contribution in [0.4, 0.5) is 0 Å². The molecule has 0 aliphatic carbocycles. The first-order valence-corrected chi connectivity index (χ1v) is 11.2. The molecule has 0 radical (unpaired) electrons. The molecule has 0 heterocycles. The Balaban J connectivity index is -0.000000772. The van der Waals surface area contributed by atoms with Crippen LogP contribution in [0, 0.1) is 0 Å². The zero-order chi connectivity index (χ0) is 19.4. The molecule has 0 unspecified atom stereocenters. The van der Waals surface area contributed by atoms with Gasteiger partial charge >= 0.3 is 17.4 Å². The first-order chi connectivity index (χ1) is 11.8. The van der Waals surface area contributed by atoms with Crippen LogP contribution in [0.25, 0.3) is 0 Å². The number of hydrogen-bond donors (Lipinski definition) is 0. The van der Waals surface area contributed by atoms with E-state index in [1.54, 1.807) is 0 Å². The zero-order valence-corrected chi connectivity index (χ0v) is 18.3. The normalized spacial score (nSPS) is 10.6. The van der Waals surface area contributed by atoms with E-state index in [1.807, 2.05) is 0 Å². The number of rotatable bonds is 16. The van der Waals surface area contributed by atoms with Gasteiger partial charge in [0, 0.05) is 5.97 Å². The topological polar surface area (TPSA) is 126 Å². The maximum absolute atomic E-state index is 10.2. The van der Waals surface area contributed by atoms with Crippen LogP contribution in [0.2, 0.25) is 0 Å². The molecular weight excluding hydrogens is 370 g/mol. The van der Waals surface area contributed by atoms with E-state index in [2.05, 4.69) is 6.92 Å². The second-order valence-electron chi connectivity index (χ2n) is 6.52. The van der Waals surface area contributed by atoms with Crippen molar-refractivity contribution in [1.29, 1.82) is 0 Å². The summed E-state index contributed by atoms with van der Waals surface area (Å²) in [6, 6.07) is 0. The maximum atomic E-state index is 10.2. The third kappa shape index (κ3) is 44.0. The Labute approximate surface area is 170 Å². The van der Waals surface area contributed by atoms with Crippen molar-refractivity contribution in [3.63, 3.8) is 0 Å². The van der Waals surface area contributed by atoms with Crippen LogP contribution >= 0.6 is 7.82 Å². The van der Waals surface area contributed by atoms with Crippen molar-refractivity contribution in [3.05, 3.63) is 0 Å². The number of carbonyl (C=O) groups excluding carboxylic acids is 1. The standard InChI is InChI=1S/C18H36O2.Al.H3O4P/c1-2-3-4-5-6-7-8-9-10-11-12-13-14-15-16-17-18(19)20;;1-5(2,3)4/h2-17H2,1H3,(H,19,20);;(H3,1,2,3,4)/q;+3;/p-4. The Morgan fingerprint density at radius 1 is 0.654 bits per heavy atom. The second kappa shape index (κ2) is 23.2. The van der Waals surface area contributed by atoms with Gasteiger partial charge in [-0.15, -0.1) is 0 Å². The number of carboxylic acids is 1. The molecule has 0 rings (SSSR count). The van der Waals surface area contributed by atoms with Gasteiger partial charge in [0.05, 0.1) is 0 Å². The fourth-order valence-electron chi connectivity index (χ4n) is 2.64. The summed E-state index contributed by atoms with van der Waals surface area (Å²) in [5, 5.41) is 10.2. The molecule has 0 saturated heterocycles. The quantitative estimate of drug-likeness (QED) is 0.219. The Morgan fingerprint density at radius 2 is 0.885 bits per heavy atom. The van der Waals surface area contributed by atoms with E-state index < -0.39 is 13.8 Å². The second-order valence-corrected chi connectivity index (χ2v) is 7.41. The molecule has 0 amide bonds. The molecule has 152 valence electrons. The van der Waals surface area contributed by atoms with Gasteiger partial charge in [0.15, 0.2) is 0 Å². The number of aliphatic carboxylic acids is 1. The number of carboxylic acid groups (broad SMARTS) is 1. The molecule has 0 fully saturated rings. The van der Waals surface area contributed by atoms with Crippen molar-refractivity contribution in [3.8, 4) is 0 Å². The summed E-state index contributed by atoms with van der Waals surface area (Å²) in [5.41, 5.74) is 0. The number of hydrogen-bond acceptors (Lipinski definition) is 6. The Bertz CT molecular complexity index is 327. The van der Waals surface area contributed by atoms with Crippen LogP contribution in [-0.2, 0) is 9.36 Å². The third-order valence-electron chi connectivity index (χ3n) is 3.98. The van der Waals surface area contributed by atoms with Crippen molar-refractivity contribution < 1.29 is 29.1 Å². The van der Waals surface area contributed by atoms with Crippen molar-refractivity contribution in [1.82, 2.24) is 0 Å². The fraction of sp³-hybridized carbons (Fsp3) is 0.944. The van der Waals surface area contributed by atoms with Crippen LogP contribution < -0.4 is 19.8 Å². The Kier molecular flexibility index (Phi) is 27.5. The molecule has 26 heavy (non-hydrogen) atoms. The van der Waals surface area contributed by atoms with Crippen LogP contribution in [0.15, 0.2) is 0 Å². The van der Waals surface area contributed by atoms with E-state index in [0.717, 1.165) is 12.8 Å². The van der Waals surface area contributed by atoms with E-state index in [4.69, 9.17) is 19.2 Å². The minimum absolute atomic E-state index is 0. The smallest absolute Gasteiger partial charge is 0.822 e. The van der Waals surface area contributed by atoms with E-state index in [-0.39, 0.29) is 23.8 Å². The van der Waals surface area contributed by atoms with E-state index >= 15 is 0 Å². The molecule has 0 aromatic rings. The SMILES string of the molecule is CCCCCCCCCCCCCCCCCC(=O)[O-].O=P([O-])([O-])[O-].[Al+3]. The summed E-state index contributed by atoms with van der Waals surface area (Å²) in [6.45, 7) is 2.27. The van der Waals surface area contributed by atoms with E-state index in [1.165, 1.54) is 83.5 Å². The predicted molar refractivity (Wildman–Crippen MR) is 97.9 cm³/mol. The molecule has 0 aliphatic heterocycles. The first-order valence-electron chi connectivity index (χ1n) is 9.70. The van der Waals surface area contributed by atoms with Crippen molar-refractivity contribution in [2.75, 3.05) is 0 Å². The average Bonchev–Trinajstić information content (AvgIpc) is 2.49. The van der Waals surface area contributed by atoms with Crippen LogP contribution in [-0.4, -0.2) is 23.3 Å². The first kappa shape index (κ1) is 30.8. The van der Waals surface area contributed by atoms with Crippen molar-refractivity contribution in [2.24, 2.45) is 0 Å². The summed E-state index contributed by atoms with van der Waals surface area (Å²) in [6.07, 6.45) is 19.9. The molecule has 8 heteroatoms. The summed E-state index contributed by atoms with van der Waals surface area (Å²) >= 11 is 0. The van der Waals surface area contributed by atoms with Gasteiger partial charge in [-0.1, -0.05) is 96.8 Å². The van der Waals surface area contributed by atoms with Gasteiger partial charge in [0.1, 0.15) is 0 Å². The summed E-state index contributed by atoms with van der Waals surface area (Å²) in [7, 11) is -5.39. The molecule has 6 nitrogen and oxygen atoms in total. The molecule has 0 N–H and O–H groups in total. The van der Waals surface area contributed by atoms with Gasteiger partial charge in [-0.3, -0.25) is 0 Å². The van der Waals surface area contributed by atoms with Gasteiger partial charge < -0.3 is 29.1 Å². The molecule has 0 aromatic carbocycles. The van der Waals surface area contributed by atoms with Crippen molar-refractivity contribution in [2.45, 2.75) is 110 Å². The molecule has 0 spiro atoms. The van der Waals surface area contributed by atoms with Crippen LogP contribution in [0.3, 0.4) is 0 Å². The molecule has 0 aromatic heterocycles.